The van der Waals surface area contributed by atoms with Gasteiger partial charge in [0.1, 0.15) is 5.69 Å². The smallest absolute Gasteiger partial charge is 0.356 e. The molecule has 0 unspecified atom stereocenters. The number of nitrogens with one attached hydrogen (secondary N) is 1. The summed E-state index contributed by atoms with van der Waals surface area (Å²) in [7, 11) is -2.96. The quantitative estimate of drug-likeness (QED) is 0.588. The first kappa shape index (κ1) is 2.08. The number of carbonyl (C=O) groups excluding carboxylic acids is 1. The molecule has 4 nitrogen and oxygen atoms in total. The molecule has 1 heterocycles. The van der Waals surface area contributed by atoms with Crippen LogP contribution in [0.2, 0.25) is 0 Å². The average molecular weight is 147 g/mol. The van der Waals surface area contributed by atoms with Crippen LogP contribution in [0.25, 0.3) is 0 Å². The molecule has 1 aromatic rings. The highest BCUT2D eigenvalue weighted by atomic mass is 16.5. The van der Waals surface area contributed by atoms with Crippen LogP contribution in [0, 0.1) is 6.85 Å². The summed E-state index contributed by atoms with van der Waals surface area (Å²) < 4.78 is 52.5. The molecular weight excluding hydrogens is 132 g/mol. The van der Waals surface area contributed by atoms with Crippen LogP contribution in [-0.2, 0) is 4.74 Å². The topological polar surface area (TPSA) is 55.0 Å². The third-order valence-corrected chi connectivity index (χ3v) is 0.820. The number of nitrogens with zero attached hydrogens (tertiary/aromatic N) is 1. The van der Waals surface area contributed by atoms with E-state index in [1.807, 2.05) is 5.10 Å². The standard InChI is InChI=1S/C6H8N2O2/c1-4-3-5(8-7-4)6(9)10-2/h3H,1-2H3,(H,7,8)/i1D3,2D3,3D. The number of esters is 1. The first-order chi connectivity index (χ1) is 7.52. The monoisotopic (exact) mass is 147 g/mol. The molecule has 0 aromatic carbocycles. The maximum atomic E-state index is 11.3. The molecule has 10 heavy (non-hydrogen) atoms. The van der Waals surface area contributed by atoms with Gasteiger partial charge in [0.2, 0.25) is 0 Å². The van der Waals surface area contributed by atoms with E-state index in [1.54, 1.807) is 0 Å². The molecule has 0 aliphatic rings. The molecule has 0 amide bonds. The van der Waals surface area contributed by atoms with Crippen LogP contribution in [-0.4, -0.2) is 23.2 Å². The molecule has 0 bridgehead atoms. The lowest BCUT2D eigenvalue weighted by Gasteiger charge is -1.90. The van der Waals surface area contributed by atoms with Crippen molar-refractivity contribution in [3.63, 3.8) is 0 Å². The average Bonchev–Trinajstić information content (AvgIpc) is 2.42. The lowest BCUT2D eigenvalue weighted by Crippen LogP contribution is -2.00. The van der Waals surface area contributed by atoms with Gasteiger partial charge in [-0.05, 0) is 12.9 Å². The number of aromatic nitrogens is 2. The second-order valence-corrected chi connectivity index (χ2v) is 1.46. The fourth-order valence-electron chi connectivity index (χ4n) is 0.434. The molecule has 0 spiro atoms. The summed E-state index contributed by atoms with van der Waals surface area (Å²) in [6.45, 7) is -2.66. The molecule has 4 heteroatoms. The van der Waals surface area contributed by atoms with Crippen LogP contribution < -0.4 is 0 Å². The Hall–Kier alpha value is -1.32. The van der Waals surface area contributed by atoms with Crippen molar-refractivity contribution in [3.8, 4) is 0 Å². The van der Waals surface area contributed by atoms with E-state index in [4.69, 9.17) is 9.60 Å². The molecule has 0 aliphatic heterocycles. The minimum absolute atomic E-state index is 0.604. The van der Waals surface area contributed by atoms with E-state index in [1.165, 1.54) is 0 Å². The molecule has 0 aliphatic carbocycles. The number of hydrogen-bond acceptors (Lipinski definition) is 3. The van der Waals surface area contributed by atoms with Gasteiger partial charge in [0.15, 0.2) is 0 Å². The maximum absolute atomic E-state index is 11.3. The highest BCUT2D eigenvalue weighted by molar-refractivity contribution is 5.87. The second-order valence-electron chi connectivity index (χ2n) is 1.46. The second kappa shape index (κ2) is 2.51. The molecule has 0 fully saturated rings. The number of rotatable bonds is 1. The van der Waals surface area contributed by atoms with Gasteiger partial charge in [-0.25, -0.2) is 4.79 Å². The van der Waals surface area contributed by atoms with Gasteiger partial charge >= 0.3 is 5.97 Å². The van der Waals surface area contributed by atoms with Gasteiger partial charge in [0.05, 0.1) is 18.2 Å². The van der Waals surface area contributed by atoms with Gasteiger partial charge in [0.25, 0.3) is 0 Å². The van der Waals surface area contributed by atoms with Crippen molar-refractivity contribution in [1.82, 2.24) is 10.2 Å². The summed E-state index contributed by atoms with van der Waals surface area (Å²) in [5, 5.41) is 5.26. The maximum Gasteiger partial charge on any atom is 0.356 e. The Labute approximate surface area is 68.0 Å². The molecule has 1 aromatic heterocycles. The van der Waals surface area contributed by atoms with E-state index < -0.39 is 37.3 Å². The Morgan fingerprint density at radius 1 is 2.10 bits per heavy atom. The molecule has 54 valence electrons. The van der Waals surface area contributed by atoms with Gasteiger partial charge in [-0.15, -0.1) is 0 Å². The normalized spacial score (nSPS) is 22.2. The first-order valence-electron chi connectivity index (χ1n) is 5.81. The number of aryl methyl sites for hydroxylation is 1. The molecule has 1 rings (SSSR count). The Morgan fingerprint density at radius 2 is 3.00 bits per heavy atom. The molecule has 0 radical (unpaired) electrons. The summed E-state index contributed by atoms with van der Waals surface area (Å²) in [5.41, 5.74) is -1.22. The summed E-state index contributed by atoms with van der Waals surface area (Å²) in [5.74, 6) is -1.35. The van der Waals surface area contributed by atoms with Crippen molar-refractivity contribution in [2.24, 2.45) is 0 Å². The molecule has 0 saturated carbocycles. The predicted molar refractivity (Wildman–Crippen MR) is 34.7 cm³/mol. The Kier molecular flexibility index (Phi) is 0.523. The predicted octanol–water partition coefficient (Wildman–Crippen LogP) is 0.505. The lowest BCUT2D eigenvalue weighted by atomic mass is 10.4. The first-order valence-corrected chi connectivity index (χ1v) is 2.31. The lowest BCUT2D eigenvalue weighted by molar-refractivity contribution is 0.0594. The Balaban J connectivity index is 3.02. The van der Waals surface area contributed by atoms with Crippen LogP contribution in [0.5, 0.6) is 0 Å². The highest BCUT2D eigenvalue weighted by Crippen LogP contribution is 1.98. The number of methoxy groups -OCH3 is 1. The largest absolute Gasteiger partial charge is 0.464 e. The van der Waals surface area contributed by atoms with Crippen LogP contribution in [0.1, 0.15) is 25.8 Å². The van der Waals surface area contributed by atoms with Crippen molar-refractivity contribution in [2.75, 3.05) is 7.04 Å². The van der Waals surface area contributed by atoms with E-state index in [-0.39, 0.29) is 0 Å². The minimum Gasteiger partial charge on any atom is -0.464 e. The number of carbonyl (C=O) groups is 1. The van der Waals surface area contributed by atoms with Crippen molar-refractivity contribution < 1.29 is 19.1 Å². The molecule has 0 atom stereocenters. The molecule has 1 N–H and O–H groups in total. The van der Waals surface area contributed by atoms with Gasteiger partial charge in [-0.2, -0.15) is 5.10 Å². The summed E-state index contributed by atoms with van der Waals surface area (Å²) in [4.78, 5) is 11.3. The zero-order valence-corrected chi connectivity index (χ0v) is 4.76. The fourth-order valence-corrected chi connectivity index (χ4v) is 0.434. The zero-order chi connectivity index (χ0) is 13.4. The van der Waals surface area contributed by atoms with Gasteiger partial charge in [-0.3, -0.25) is 5.10 Å². The van der Waals surface area contributed by atoms with Gasteiger partial charge in [-0.1, -0.05) is 0 Å². The Bertz CT molecular complexity index is 433. The van der Waals surface area contributed by atoms with Crippen molar-refractivity contribution in [2.45, 2.75) is 6.85 Å². The van der Waals surface area contributed by atoms with Crippen LogP contribution in [0.15, 0.2) is 6.04 Å². The Morgan fingerprint density at radius 3 is 3.60 bits per heavy atom. The van der Waals surface area contributed by atoms with E-state index in [9.17, 15) is 4.79 Å². The van der Waals surface area contributed by atoms with E-state index in [0.29, 0.717) is 0 Å². The highest BCUT2D eigenvalue weighted by Gasteiger charge is 2.06. The van der Waals surface area contributed by atoms with E-state index in [2.05, 4.69) is 9.84 Å². The third kappa shape index (κ3) is 1.15. The zero-order valence-electron chi connectivity index (χ0n) is 11.8. The van der Waals surface area contributed by atoms with Crippen LogP contribution >= 0.6 is 0 Å². The summed E-state index contributed by atoms with van der Waals surface area (Å²) in [6.07, 6.45) is 0. The van der Waals surface area contributed by atoms with Gasteiger partial charge in [0, 0.05) is 4.11 Å². The van der Waals surface area contributed by atoms with Gasteiger partial charge < -0.3 is 4.74 Å². The number of aromatic amines is 1. The minimum atomic E-state index is -2.96. The summed E-state index contributed by atoms with van der Waals surface area (Å²) in [6, 6.07) is -0.695. The van der Waals surface area contributed by atoms with E-state index >= 15 is 0 Å². The van der Waals surface area contributed by atoms with Crippen LogP contribution in [0.3, 0.4) is 0 Å². The fraction of sp³-hybridized carbons (Fsp3) is 0.333. The van der Waals surface area contributed by atoms with Crippen molar-refractivity contribution >= 4 is 5.97 Å². The number of hydrogen-bond donors (Lipinski definition) is 1. The van der Waals surface area contributed by atoms with Crippen LogP contribution in [0.4, 0.5) is 0 Å². The SMILES string of the molecule is [2H]c1c(C([2H])([2H])[2H])n[nH]c1C(=O)OC([2H])([2H])[2H]. The molecular formula is C6H8N2O2. The molecule has 0 saturated heterocycles. The summed E-state index contributed by atoms with van der Waals surface area (Å²) >= 11 is 0. The third-order valence-electron chi connectivity index (χ3n) is 0.820. The number of H-pyrrole nitrogens is 1. The van der Waals surface area contributed by atoms with E-state index in [0.717, 1.165) is 0 Å². The van der Waals surface area contributed by atoms with Crippen molar-refractivity contribution in [1.29, 1.82) is 0 Å². The van der Waals surface area contributed by atoms with Crippen molar-refractivity contribution in [3.05, 3.63) is 17.4 Å². The number of ether oxygens (including phenoxy) is 1.